The number of rotatable bonds is 0. The van der Waals surface area contributed by atoms with Gasteiger partial charge in [-0.3, -0.25) is 0 Å². The quantitative estimate of drug-likeness (QED) is 0.697. The molecule has 0 fully saturated rings. The number of alkyl halides is 3. The second kappa shape index (κ2) is 3.38. The number of hydrogen-bond acceptors (Lipinski definition) is 1. The first kappa shape index (κ1) is 11.3. The van der Waals surface area contributed by atoms with Crippen LogP contribution < -0.4 is 0 Å². The predicted molar refractivity (Wildman–Crippen MR) is 55.5 cm³/mol. The van der Waals surface area contributed by atoms with Gasteiger partial charge in [-0.2, -0.15) is 13.2 Å². The van der Waals surface area contributed by atoms with Crippen LogP contribution in [0.3, 0.4) is 0 Å². The lowest BCUT2D eigenvalue weighted by Gasteiger charge is -2.06. The van der Waals surface area contributed by atoms with E-state index in [1.165, 1.54) is 7.05 Å². The zero-order valence-corrected chi connectivity index (χ0v) is 9.32. The fourth-order valence-corrected chi connectivity index (χ4v) is 2.08. The first-order valence-electron chi connectivity index (χ1n) is 4.50. The molecular weight excluding hydrogens is 241 g/mol. The van der Waals surface area contributed by atoms with Gasteiger partial charge in [0.05, 0.1) is 16.1 Å². The van der Waals surface area contributed by atoms with Gasteiger partial charge in [0.25, 0.3) is 0 Å². The third kappa shape index (κ3) is 1.65. The van der Waals surface area contributed by atoms with Crippen LogP contribution in [0.5, 0.6) is 0 Å². The molecule has 0 saturated heterocycles. The highest BCUT2D eigenvalue weighted by molar-refractivity contribution is 6.35. The number of imidazole rings is 1. The number of hydrogen-bond donors (Lipinski definition) is 0. The zero-order chi connectivity index (χ0) is 12.1. The molecule has 0 aliphatic carbocycles. The Balaban J connectivity index is 2.83. The summed E-state index contributed by atoms with van der Waals surface area (Å²) in [6.07, 6.45) is -4.47. The molecule has 0 unspecified atom stereocenters. The van der Waals surface area contributed by atoms with E-state index in [1.54, 1.807) is 19.1 Å². The van der Waals surface area contributed by atoms with Gasteiger partial charge in [0.1, 0.15) is 0 Å². The average molecular weight is 249 g/mol. The summed E-state index contributed by atoms with van der Waals surface area (Å²) >= 11 is 5.90. The number of nitrogens with zero attached hydrogens (tertiary/aromatic N) is 2. The molecule has 6 heteroatoms. The van der Waals surface area contributed by atoms with Crippen LogP contribution in [0, 0.1) is 6.92 Å². The Morgan fingerprint density at radius 3 is 2.50 bits per heavy atom. The van der Waals surface area contributed by atoms with E-state index >= 15 is 0 Å². The lowest BCUT2D eigenvalue weighted by molar-refractivity contribution is -0.146. The molecule has 1 heterocycles. The average Bonchev–Trinajstić information content (AvgIpc) is 2.41. The Morgan fingerprint density at radius 1 is 1.31 bits per heavy atom. The van der Waals surface area contributed by atoms with Gasteiger partial charge in [-0.25, -0.2) is 4.98 Å². The van der Waals surface area contributed by atoms with Crippen molar-refractivity contribution in [2.75, 3.05) is 0 Å². The second-order valence-electron chi connectivity index (χ2n) is 3.61. The molecular formula is C10H8ClF3N2. The second-order valence-corrected chi connectivity index (χ2v) is 4.01. The summed E-state index contributed by atoms with van der Waals surface area (Å²) in [4.78, 5) is 3.56. The van der Waals surface area contributed by atoms with E-state index in [-0.39, 0.29) is 10.5 Å². The minimum Gasteiger partial charge on any atom is -0.322 e. The summed E-state index contributed by atoms with van der Waals surface area (Å²) in [6.45, 7) is 1.76. The molecule has 16 heavy (non-hydrogen) atoms. The van der Waals surface area contributed by atoms with Crippen molar-refractivity contribution in [3.63, 3.8) is 0 Å². The summed E-state index contributed by atoms with van der Waals surface area (Å²) in [5.74, 6) is -0.935. The Bertz CT molecular complexity index is 557. The minimum absolute atomic E-state index is 0.264. The predicted octanol–water partition coefficient (Wildman–Crippen LogP) is 3.55. The fourth-order valence-electron chi connectivity index (χ4n) is 1.68. The van der Waals surface area contributed by atoms with Crippen LogP contribution in [0.4, 0.5) is 13.2 Å². The highest BCUT2D eigenvalue weighted by atomic mass is 35.5. The highest BCUT2D eigenvalue weighted by Crippen LogP contribution is 2.33. The Kier molecular flexibility index (Phi) is 2.38. The minimum atomic E-state index is -4.47. The molecule has 0 spiro atoms. The SMILES string of the molecule is Cc1cc(Cl)c2c(c1)nc(C(F)(F)F)n2C. The summed E-state index contributed by atoms with van der Waals surface area (Å²) in [7, 11) is 1.30. The molecule has 0 atom stereocenters. The Labute approximate surface area is 94.6 Å². The van der Waals surface area contributed by atoms with Crippen LogP contribution >= 0.6 is 11.6 Å². The maximum absolute atomic E-state index is 12.6. The molecule has 0 N–H and O–H groups in total. The normalized spacial score (nSPS) is 12.4. The van der Waals surface area contributed by atoms with Crippen molar-refractivity contribution >= 4 is 22.6 Å². The van der Waals surface area contributed by atoms with Gasteiger partial charge >= 0.3 is 6.18 Å². The van der Waals surface area contributed by atoms with Gasteiger partial charge < -0.3 is 4.57 Å². The molecule has 0 aliphatic rings. The van der Waals surface area contributed by atoms with Crippen LogP contribution in [0.15, 0.2) is 12.1 Å². The van der Waals surface area contributed by atoms with Gasteiger partial charge in [-0.05, 0) is 24.6 Å². The summed E-state index contributed by atoms with van der Waals surface area (Å²) in [5.41, 5.74) is 1.35. The molecule has 2 aromatic rings. The van der Waals surface area contributed by atoms with Crippen LogP contribution in [-0.2, 0) is 13.2 Å². The van der Waals surface area contributed by atoms with E-state index in [1.807, 2.05) is 0 Å². The topological polar surface area (TPSA) is 17.8 Å². The van der Waals surface area contributed by atoms with Crippen molar-refractivity contribution in [1.82, 2.24) is 9.55 Å². The Morgan fingerprint density at radius 2 is 1.94 bits per heavy atom. The maximum Gasteiger partial charge on any atom is 0.449 e. The molecule has 86 valence electrons. The van der Waals surface area contributed by atoms with E-state index < -0.39 is 12.0 Å². The molecule has 1 aromatic carbocycles. The van der Waals surface area contributed by atoms with Crippen molar-refractivity contribution < 1.29 is 13.2 Å². The standard InChI is InChI=1S/C10H8ClF3N2/c1-5-3-6(11)8-7(4-5)15-9(16(8)2)10(12,13)14/h3-4H,1-2H3. The van der Waals surface area contributed by atoms with Crippen LogP contribution in [0.2, 0.25) is 5.02 Å². The van der Waals surface area contributed by atoms with Gasteiger partial charge in [0.2, 0.25) is 5.82 Å². The lowest BCUT2D eigenvalue weighted by Crippen LogP contribution is -2.12. The number of benzene rings is 1. The van der Waals surface area contributed by atoms with Crippen molar-refractivity contribution in [2.24, 2.45) is 7.05 Å². The first-order chi connectivity index (χ1) is 7.30. The molecule has 0 aliphatic heterocycles. The van der Waals surface area contributed by atoms with E-state index in [0.29, 0.717) is 5.52 Å². The number of aryl methyl sites for hydroxylation is 2. The molecule has 0 bridgehead atoms. The van der Waals surface area contributed by atoms with E-state index in [0.717, 1.165) is 10.1 Å². The van der Waals surface area contributed by atoms with E-state index in [2.05, 4.69) is 4.98 Å². The molecule has 0 saturated carbocycles. The van der Waals surface area contributed by atoms with E-state index in [9.17, 15) is 13.2 Å². The zero-order valence-electron chi connectivity index (χ0n) is 8.56. The Hall–Kier alpha value is -1.23. The van der Waals surface area contributed by atoms with Crippen LogP contribution in [0.25, 0.3) is 11.0 Å². The summed E-state index contributed by atoms with van der Waals surface area (Å²) < 4.78 is 38.7. The molecule has 2 nitrogen and oxygen atoms in total. The largest absolute Gasteiger partial charge is 0.449 e. The third-order valence-electron chi connectivity index (χ3n) is 2.32. The van der Waals surface area contributed by atoms with Gasteiger partial charge in [0.15, 0.2) is 0 Å². The molecule has 2 rings (SSSR count). The van der Waals surface area contributed by atoms with Crippen molar-refractivity contribution in [1.29, 1.82) is 0 Å². The van der Waals surface area contributed by atoms with Crippen LogP contribution in [0.1, 0.15) is 11.4 Å². The smallest absolute Gasteiger partial charge is 0.322 e. The van der Waals surface area contributed by atoms with Crippen molar-refractivity contribution in [3.8, 4) is 0 Å². The van der Waals surface area contributed by atoms with Gasteiger partial charge in [-0.1, -0.05) is 11.6 Å². The van der Waals surface area contributed by atoms with Crippen molar-refractivity contribution in [3.05, 3.63) is 28.5 Å². The highest BCUT2D eigenvalue weighted by Gasteiger charge is 2.37. The number of aromatic nitrogens is 2. The molecule has 1 aromatic heterocycles. The van der Waals surface area contributed by atoms with Gasteiger partial charge in [0, 0.05) is 7.05 Å². The van der Waals surface area contributed by atoms with Crippen LogP contribution in [-0.4, -0.2) is 9.55 Å². The van der Waals surface area contributed by atoms with E-state index in [4.69, 9.17) is 11.6 Å². The molecule has 0 radical (unpaired) electrons. The first-order valence-corrected chi connectivity index (χ1v) is 4.88. The monoisotopic (exact) mass is 248 g/mol. The molecule has 0 amide bonds. The maximum atomic E-state index is 12.6. The third-order valence-corrected chi connectivity index (χ3v) is 2.61. The summed E-state index contributed by atoms with van der Waals surface area (Å²) in [5, 5.41) is 0.278. The number of halogens is 4. The van der Waals surface area contributed by atoms with Gasteiger partial charge in [-0.15, -0.1) is 0 Å². The van der Waals surface area contributed by atoms with Crippen molar-refractivity contribution in [2.45, 2.75) is 13.1 Å². The fraction of sp³-hybridized carbons (Fsp3) is 0.300. The lowest BCUT2D eigenvalue weighted by atomic mass is 10.2. The number of fused-ring (bicyclic) bond motifs is 1. The summed E-state index contributed by atoms with van der Waals surface area (Å²) in [6, 6.07) is 3.20.